The van der Waals surface area contributed by atoms with Crippen molar-refractivity contribution in [1.29, 1.82) is 0 Å². The molecule has 3 nitrogen and oxygen atoms in total. The molecule has 5 heteroatoms. The quantitative estimate of drug-likeness (QED) is 0.653. The SMILES string of the molecule is COc1ccc(/C=C/C(=O)/C=C/c2ccc(OC)c(Cl)c2)cc1Cl. The molecule has 0 saturated carbocycles. The largest absolute Gasteiger partial charge is 0.495 e. The minimum Gasteiger partial charge on any atom is -0.495 e. The molecule has 0 heterocycles. The maximum Gasteiger partial charge on any atom is 0.178 e. The van der Waals surface area contributed by atoms with Gasteiger partial charge in [-0.25, -0.2) is 0 Å². The molecule has 2 aromatic rings. The Bertz CT molecular complexity index is 730. The van der Waals surface area contributed by atoms with Crippen molar-refractivity contribution in [3.63, 3.8) is 0 Å². The summed E-state index contributed by atoms with van der Waals surface area (Å²) in [6, 6.07) is 10.6. The molecule has 0 aliphatic rings. The number of ketones is 1. The molecule has 0 aromatic heterocycles. The lowest BCUT2D eigenvalue weighted by molar-refractivity contribution is -0.110. The fourth-order valence-electron chi connectivity index (χ4n) is 1.98. The summed E-state index contributed by atoms with van der Waals surface area (Å²) in [7, 11) is 3.10. The van der Waals surface area contributed by atoms with Gasteiger partial charge in [0.05, 0.1) is 24.3 Å². The monoisotopic (exact) mass is 362 g/mol. The zero-order valence-corrected chi connectivity index (χ0v) is 14.8. The van der Waals surface area contributed by atoms with E-state index in [4.69, 9.17) is 32.7 Å². The summed E-state index contributed by atoms with van der Waals surface area (Å²) in [6.45, 7) is 0. The van der Waals surface area contributed by atoms with Crippen molar-refractivity contribution in [2.75, 3.05) is 14.2 Å². The first-order valence-electron chi connectivity index (χ1n) is 7.10. The van der Waals surface area contributed by atoms with E-state index in [9.17, 15) is 4.79 Å². The lowest BCUT2D eigenvalue weighted by Gasteiger charge is -2.03. The van der Waals surface area contributed by atoms with E-state index in [-0.39, 0.29) is 5.78 Å². The fraction of sp³-hybridized carbons (Fsp3) is 0.105. The lowest BCUT2D eigenvalue weighted by atomic mass is 10.1. The Balaban J connectivity index is 2.04. The predicted octanol–water partition coefficient (Wildman–Crippen LogP) is 5.31. The van der Waals surface area contributed by atoms with Crippen LogP contribution in [0.15, 0.2) is 48.6 Å². The highest BCUT2D eigenvalue weighted by atomic mass is 35.5. The van der Waals surface area contributed by atoms with Crippen molar-refractivity contribution >= 4 is 41.1 Å². The molecule has 0 bridgehead atoms. The molecule has 2 aromatic carbocycles. The van der Waals surface area contributed by atoms with E-state index in [0.29, 0.717) is 21.5 Å². The first-order valence-corrected chi connectivity index (χ1v) is 7.86. The number of hydrogen-bond donors (Lipinski definition) is 0. The van der Waals surface area contributed by atoms with Gasteiger partial charge >= 0.3 is 0 Å². The van der Waals surface area contributed by atoms with Crippen molar-refractivity contribution in [1.82, 2.24) is 0 Å². The summed E-state index contributed by atoms with van der Waals surface area (Å²) in [6.07, 6.45) is 6.33. The van der Waals surface area contributed by atoms with Crippen LogP contribution in [0.5, 0.6) is 11.5 Å². The number of benzene rings is 2. The van der Waals surface area contributed by atoms with Gasteiger partial charge in [0.25, 0.3) is 0 Å². The zero-order valence-electron chi connectivity index (χ0n) is 13.3. The Morgan fingerprint density at radius 2 is 1.25 bits per heavy atom. The van der Waals surface area contributed by atoms with Gasteiger partial charge in [-0.15, -0.1) is 0 Å². The van der Waals surface area contributed by atoms with E-state index in [0.717, 1.165) is 11.1 Å². The van der Waals surface area contributed by atoms with E-state index in [1.54, 1.807) is 50.6 Å². The predicted molar refractivity (Wildman–Crippen MR) is 99.1 cm³/mol. The molecule has 0 saturated heterocycles. The average molecular weight is 363 g/mol. The third-order valence-electron chi connectivity index (χ3n) is 3.23. The Labute approximate surface area is 151 Å². The molecule has 0 radical (unpaired) electrons. The minimum atomic E-state index is -0.145. The Hall–Kier alpha value is -2.23. The van der Waals surface area contributed by atoms with Gasteiger partial charge in [0, 0.05) is 0 Å². The maximum atomic E-state index is 11.9. The maximum absolute atomic E-state index is 11.9. The van der Waals surface area contributed by atoms with Gasteiger partial charge in [0.1, 0.15) is 11.5 Å². The van der Waals surface area contributed by atoms with Crippen LogP contribution in [-0.2, 0) is 4.79 Å². The van der Waals surface area contributed by atoms with Crippen molar-refractivity contribution in [2.24, 2.45) is 0 Å². The number of ether oxygens (including phenoxy) is 2. The molecule has 0 aliphatic carbocycles. The van der Waals surface area contributed by atoms with Crippen LogP contribution in [-0.4, -0.2) is 20.0 Å². The van der Waals surface area contributed by atoms with Crippen molar-refractivity contribution in [3.8, 4) is 11.5 Å². The smallest absolute Gasteiger partial charge is 0.178 e. The number of allylic oxidation sites excluding steroid dienone is 2. The topological polar surface area (TPSA) is 35.5 Å². The molecule has 24 heavy (non-hydrogen) atoms. The summed E-state index contributed by atoms with van der Waals surface area (Å²) >= 11 is 12.1. The van der Waals surface area contributed by atoms with Gasteiger partial charge in [-0.2, -0.15) is 0 Å². The van der Waals surface area contributed by atoms with Gasteiger partial charge in [0.15, 0.2) is 5.78 Å². The summed E-state index contributed by atoms with van der Waals surface area (Å²) < 4.78 is 10.2. The van der Waals surface area contributed by atoms with Crippen LogP contribution in [0.1, 0.15) is 11.1 Å². The van der Waals surface area contributed by atoms with E-state index < -0.39 is 0 Å². The van der Waals surface area contributed by atoms with Crippen LogP contribution >= 0.6 is 23.2 Å². The number of rotatable bonds is 6. The van der Waals surface area contributed by atoms with E-state index in [1.807, 2.05) is 12.1 Å². The standard InChI is InChI=1S/C19H16Cl2O3/c1-23-18-9-5-13(11-16(18)20)3-7-15(22)8-4-14-6-10-19(24-2)17(21)12-14/h3-12H,1-2H3/b7-3+,8-4+. The van der Waals surface area contributed by atoms with Crippen LogP contribution in [0.4, 0.5) is 0 Å². The van der Waals surface area contributed by atoms with Gasteiger partial charge in [-0.3, -0.25) is 4.79 Å². The normalized spacial score (nSPS) is 11.2. The highest BCUT2D eigenvalue weighted by Gasteiger charge is 2.01. The van der Waals surface area contributed by atoms with Crippen LogP contribution in [0.25, 0.3) is 12.2 Å². The number of methoxy groups -OCH3 is 2. The van der Waals surface area contributed by atoms with Gasteiger partial charge < -0.3 is 9.47 Å². The van der Waals surface area contributed by atoms with Crippen LogP contribution in [0.3, 0.4) is 0 Å². The summed E-state index contributed by atoms with van der Waals surface area (Å²) in [5.74, 6) is 1.04. The Morgan fingerprint density at radius 3 is 1.58 bits per heavy atom. The third kappa shape index (κ3) is 4.88. The first-order chi connectivity index (χ1) is 11.5. The average Bonchev–Trinajstić information content (AvgIpc) is 2.58. The number of carbonyl (C=O) groups excluding carboxylic acids is 1. The second-order valence-corrected chi connectivity index (χ2v) is 5.67. The molecule has 0 amide bonds. The third-order valence-corrected chi connectivity index (χ3v) is 3.82. The van der Waals surface area contributed by atoms with E-state index >= 15 is 0 Å². The van der Waals surface area contributed by atoms with Gasteiger partial charge in [-0.1, -0.05) is 47.5 Å². The summed E-state index contributed by atoms with van der Waals surface area (Å²) in [5, 5.41) is 0.992. The molecule has 2 rings (SSSR count). The Morgan fingerprint density at radius 1 is 0.833 bits per heavy atom. The van der Waals surface area contributed by atoms with E-state index in [2.05, 4.69) is 0 Å². The molecule has 0 atom stereocenters. The molecule has 0 spiro atoms. The lowest BCUT2D eigenvalue weighted by Crippen LogP contribution is -1.87. The highest BCUT2D eigenvalue weighted by molar-refractivity contribution is 6.32. The molecule has 0 N–H and O–H groups in total. The number of halogens is 2. The number of carbonyl (C=O) groups is 1. The van der Waals surface area contributed by atoms with Crippen LogP contribution in [0, 0.1) is 0 Å². The molecular formula is C19H16Cl2O3. The van der Waals surface area contributed by atoms with Crippen molar-refractivity contribution in [2.45, 2.75) is 0 Å². The molecule has 0 fully saturated rings. The zero-order chi connectivity index (χ0) is 17.5. The van der Waals surface area contributed by atoms with Crippen LogP contribution < -0.4 is 9.47 Å². The van der Waals surface area contributed by atoms with Gasteiger partial charge in [0.2, 0.25) is 0 Å². The number of hydrogen-bond acceptors (Lipinski definition) is 3. The molecule has 124 valence electrons. The second-order valence-electron chi connectivity index (χ2n) is 4.86. The minimum absolute atomic E-state index is 0.145. The Kier molecular flexibility index (Phi) is 6.47. The fourth-order valence-corrected chi connectivity index (χ4v) is 2.52. The van der Waals surface area contributed by atoms with Crippen LogP contribution in [0.2, 0.25) is 10.0 Å². The highest BCUT2D eigenvalue weighted by Crippen LogP contribution is 2.26. The first kappa shape index (κ1) is 18.1. The summed E-state index contributed by atoms with van der Waals surface area (Å²) in [5.41, 5.74) is 1.63. The van der Waals surface area contributed by atoms with Crippen molar-refractivity contribution < 1.29 is 14.3 Å². The molecule has 0 aliphatic heterocycles. The second kappa shape index (κ2) is 8.57. The molecule has 0 unspecified atom stereocenters. The van der Waals surface area contributed by atoms with Crippen molar-refractivity contribution in [3.05, 3.63) is 69.7 Å². The summed E-state index contributed by atoms with van der Waals surface area (Å²) in [4.78, 5) is 11.9. The molecular weight excluding hydrogens is 347 g/mol. The van der Waals surface area contributed by atoms with Gasteiger partial charge in [-0.05, 0) is 47.5 Å². The van der Waals surface area contributed by atoms with E-state index in [1.165, 1.54) is 12.2 Å².